The molecule has 0 saturated carbocycles. The van der Waals surface area contributed by atoms with E-state index in [9.17, 15) is 22.8 Å². The minimum Gasteiger partial charge on any atom is -0.334 e. The van der Waals surface area contributed by atoms with Gasteiger partial charge in [-0.15, -0.1) is 0 Å². The Hall–Kier alpha value is -5.53. The van der Waals surface area contributed by atoms with Gasteiger partial charge in [-0.3, -0.25) is 19.6 Å². The van der Waals surface area contributed by atoms with Crippen molar-refractivity contribution in [1.29, 1.82) is 0 Å². The number of carbonyl (C=O) groups is 2. The van der Waals surface area contributed by atoms with E-state index in [4.69, 9.17) is 4.52 Å². The van der Waals surface area contributed by atoms with Gasteiger partial charge in [-0.2, -0.15) is 13.2 Å². The fourth-order valence-corrected chi connectivity index (χ4v) is 4.08. The lowest BCUT2D eigenvalue weighted by Crippen LogP contribution is -2.35. The highest BCUT2D eigenvalue weighted by Crippen LogP contribution is 2.33. The molecule has 5 aromatic rings. The summed E-state index contributed by atoms with van der Waals surface area (Å²) in [4.78, 5) is 33.5. The Bertz CT molecular complexity index is 1700. The molecule has 2 aromatic carbocycles. The van der Waals surface area contributed by atoms with E-state index in [1.54, 1.807) is 49.1 Å². The van der Waals surface area contributed by atoms with E-state index in [2.05, 4.69) is 31.2 Å². The van der Waals surface area contributed by atoms with Gasteiger partial charge in [0.15, 0.2) is 0 Å². The van der Waals surface area contributed by atoms with Crippen LogP contribution in [0.1, 0.15) is 16.8 Å². The Balaban J connectivity index is 1.22. The van der Waals surface area contributed by atoms with Crippen LogP contribution < -0.4 is 20.6 Å². The van der Waals surface area contributed by atoms with Gasteiger partial charge in [-0.05, 0) is 40.6 Å². The molecule has 0 saturated heterocycles. The number of halogens is 3. The second-order valence-corrected chi connectivity index (χ2v) is 9.28. The number of imidazole rings is 1. The number of amides is 3. The van der Waals surface area contributed by atoms with Gasteiger partial charge in [0.25, 0.3) is 6.20 Å². The number of benzene rings is 2. The first-order chi connectivity index (χ1) is 20.1. The molecule has 214 valence electrons. The zero-order valence-electron chi connectivity index (χ0n) is 22.1. The Morgan fingerprint density at radius 1 is 0.976 bits per heavy atom. The quantitative estimate of drug-likeness (QED) is 0.230. The first-order valence-electron chi connectivity index (χ1n) is 12.5. The Labute approximate surface area is 237 Å². The minimum atomic E-state index is -4.71. The van der Waals surface area contributed by atoms with E-state index >= 15 is 0 Å². The van der Waals surface area contributed by atoms with Gasteiger partial charge in [0, 0.05) is 30.2 Å². The molecule has 0 radical (unpaired) electrons. The molecule has 5 rings (SSSR count). The number of alkyl halides is 3. The van der Waals surface area contributed by atoms with Crippen molar-refractivity contribution in [3.8, 4) is 11.3 Å². The summed E-state index contributed by atoms with van der Waals surface area (Å²) in [5, 5.41) is 11.0. The number of rotatable bonds is 8. The first-order valence-corrected chi connectivity index (χ1v) is 12.5. The topological polar surface area (TPSA) is 131 Å². The van der Waals surface area contributed by atoms with Crippen molar-refractivity contribution < 1.29 is 32.0 Å². The number of anilines is 3. The van der Waals surface area contributed by atoms with Crippen LogP contribution in [-0.2, 0) is 31.0 Å². The number of pyridine rings is 1. The van der Waals surface area contributed by atoms with Crippen molar-refractivity contribution in [2.75, 3.05) is 16.0 Å². The molecule has 3 amide bonds. The molecule has 14 heteroatoms. The van der Waals surface area contributed by atoms with Crippen molar-refractivity contribution in [2.24, 2.45) is 7.05 Å². The predicted molar refractivity (Wildman–Crippen MR) is 145 cm³/mol. The van der Waals surface area contributed by atoms with Gasteiger partial charge in [-0.25, -0.2) is 9.78 Å². The Morgan fingerprint density at radius 2 is 1.74 bits per heavy atom. The molecule has 3 aromatic heterocycles. The number of hydrogen-bond acceptors (Lipinski definition) is 6. The number of urea groups is 1. The highest BCUT2D eigenvalue weighted by Gasteiger charge is 2.31. The number of nitrogens with one attached hydrogen (secondary N) is 3. The van der Waals surface area contributed by atoms with Crippen LogP contribution in [0.4, 0.5) is 35.2 Å². The number of nitrogens with zero attached hydrogens (tertiary/aromatic N) is 5. The molecule has 3 heterocycles. The van der Waals surface area contributed by atoms with Crippen molar-refractivity contribution in [2.45, 2.75) is 19.1 Å². The highest BCUT2D eigenvalue weighted by atomic mass is 19.4. The summed E-state index contributed by atoms with van der Waals surface area (Å²) in [5.41, 5.74) is 1.79. The zero-order valence-corrected chi connectivity index (χ0v) is 22.1. The summed E-state index contributed by atoms with van der Waals surface area (Å²) < 4.78 is 49.0. The van der Waals surface area contributed by atoms with Crippen LogP contribution in [0, 0.1) is 0 Å². The van der Waals surface area contributed by atoms with Gasteiger partial charge < -0.3 is 15.2 Å². The van der Waals surface area contributed by atoms with Crippen molar-refractivity contribution in [3.05, 3.63) is 102 Å². The monoisotopic (exact) mass is 577 g/mol. The Kier molecular flexibility index (Phi) is 7.95. The third kappa shape index (κ3) is 7.15. The summed E-state index contributed by atoms with van der Waals surface area (Å²) in [6.07, 6.45) is 1.78. The van der Waals surface area contributed by atoms with Gasteiger partial charge in [0.2, 0.25) is 17.7 Å². The predicted octanol–water partition coefficient (Wildman–Crippen LogP) is 4.65. The van der Waals surface area contributed by atoms with Gasteiger partial charge in [-0.1, -0.05) is 30.3 Å². The van der Waals surface area contributed by atoms with Crippen LogP contribution in [0.2, 0.25) is 0 Å². The number of hydrogen-bond donors (Lipinski definition) is 3. The van der Waals surface area contributed by atoms with Crippen molar-refractivity contribution in [1.82, 2.24) is 19.8 Å². The van der Waals surface area contributed by atoms with Crippen LogP contribution in [0.3, 0.4) is 0 Å². The third-order valence-corrected chi connectivity index (χ3v) is 6.02. The molecular weight excluding hydrogens is 553 g/mol. The lowest BCUT2D eigenvalue weighted by Gasteiger charge is -2.14. The van der Waals surface area contributed by atoms with E-state index in [1.165, 1.54) is 16.9 Å². The first kappa shape index (κ1) is 28.0. The largest absolute Gasteiger partial charge is 0.416 e. The van der Waals surface area contributed by atoms with Crippen LogP contribution in [-0.4, -0.2) is 31.7 Å². The second kappa shape index (κ2) is 11.9. The van der Waals surface area contributed by atoms with E-state index in [-0.39, 0.29) is 30.2 Å². The highest BCUT2D eigenvalue weighted by molar-refractivity contribution is 6.00. The SMILES string of the molecule is Cn1cncc1-c1ccc(C[n+]2cc(NC(=O)Nc3cc(NC(=O)Cc4ccccc4)cc(C(F)(F)F)c3)on2)nc1. The summed E-state index contributed by atoms with van der Waals surface area (Å²) >= 11 is 0. The molecule has 0 spiro atoms. The van der Waals surface area contributed by atoms with Crippen LogP contribution in [0.15, 0.2) is 90.1 Å². The molecule has 0 aliphatic heterocycles. The molecular formula is C28H24F3N8O3+. The number of aryl methyl sites for hydroxylation is 1. The lowest BCUT2D eigenvalue weighted by molar-refractivity contribution is -0.755. The fourth-order valence-electron chi connectivity index (χ4n) is 4.08. The summed E-state index contributed by atoms with van der Waals surface area (Å²) in [6.45, 7) is 0.234. The van der Waals surface area contributed by atoms with E-state index in [0.29, 0.717) is 11.3 Å². The number of aromatic nitrogens is 5. The van der Waals surface area contributed by atoms with Crippen molar-refractivity contribution in [3.63, 3.8) is 0 Å². The summed E-state index contributed by atoms with van der Waals surface area (Å²) in [7, 11) is 1.88. The van der Waals surface area contributed by atoms with Gasteiger partial charge in [0.05, 0.1) is 30.2 Å². The normalized spacial score (nSPS) is 11.2. The molecule has 42 heavy (non-hydrogen) atoms. The summed E-state index contributed by atoms with van der Waals surface area (Å²) in [5.74, 6) is -0.564. The second-order valence-electron chi connectivity index (χ2n) is 9.28. The maximum absolute atomic E-state index is 13.5. The smallest absolute Gasteiger partial charge is 0.334 e. The molecule has 0 unspecified atom stereocenters. The van der Waals surface area contributed by atoms with E-state index in [1.807, 2.05) is 23.7 Å². The van der Waals surface area contributed by atoms with Crippen molar-refractivity contribution >= 4 is 29.2 Å². The van der Waals surface area contributed by atoms with Gasteiger partial charge in [0.1, 0.15) is 5.69 Å². The minimum absolute atomic E-state index is 0.0319. The molecule has 3 N–H and O–H groups in total. The molecule has 0 aliphatic rings. The average molecular weight is 578 g/mol. The van der Waals surface area contributed by atoms with Crippen LogP contribution >= 0.6 is 0 Å². The molecule has 0 bridgehead atoms. The Morgan fingerprint density at radius 3 is 2.40 bits per heavy atom. The third-order valence-electron chi connectivity index (χ3n) is 6.02. The van der Waals surface area contributed by atoms with Crippen LogP contribution in [0.5, 0.6) is 0 Å². The summed E-state index contributed by atoms with van der Waals surface area (Å²) in [6, 6.07) is 14.3. The maximum atomic E-state index is 13.5. The van der Waals surface area contributed by atoms with E-state index < -0.39 is 23.7 Å². The molecule has 0 atom stereocenters. The maximum Gasteiger partial charge on any atom is 0.416 e. The average Bonchev–Trinajstić information content (AvgIpc) is 3.57. The van der Waals surface area contributed by atoms with Crippen LogP contribution in [0.25, 0.3) is 11.3 Å². The zero-order chi connectivity index (χ0) is 29.7. The van der Waals surface area contributed by atoms with E-state index in [0.717, 1.165) is 23.4 Å². The van der Waals surface area contributed by atoms with Gasteiger partial charge >= 0.3 is 18.1 Å². The molecule has 0 fully saturated rings. The lowest BCUT2D eigenvalue weighted by atomic mass is 10.1. The standard InChI is InChI=1S/C28H23F3N8O3/c1-38-17-32-14-24(38)19-7-8-21(33-13-19)15-39-16-26(42-37-39)36-27(41)35-23-11-20(28(29,30)31)10-22(12-23)34-25(40)9-18-5-3-2-4-6-18/h2-8,10-14,16-17H,9,15H2,1H3,(H2-,34,35,36,37,40,41)/p+1. The molecule has 11 nitrogen and oxygen atoms in total. The number of carbonyl (C=O) groups excluding carboxylic acids is 2. The fraction of sp³-hybridized carbons (Fsp3) is 0.143. The molecule has 0 aliphatic carbocycles.